The zero-order valence-corrected chi connectivity index (χ0v) is 13.0. The normalized spacial score (nSPS) is 10.2. The van der Waals surface area contributed by atoms with Gasteiger partial charge in [0.2, 0.25) is 0 Å². The molecule has 0 aliphatic rings. The molecule has 0 atom stereocenters. The average molecular weight is 325 g/mol. The Morgan fingerprint density at radius 2 is 2.19 bits per heavy atom. The molecule has 5 nitrogen and oxygen atoms in total. The van der Waals surface area contributed by atoms with E-state index in [2.05, 4.69) is 10.3 Å². The summed E-state index contributed by atoms with van der Waals surface area (Å²) < 4.78 is 4.96. The van der Waals surface area contributed by atoms with E-state index in [-0.39, 0.29) is 17.6 Å². The second kappa shape index (κ2) is 6.69. The van der Waals surface area contributed by atoms with E-state index in [0.717, 1.165) is 5.56 Å². The first-order valence-electron chi connectivity index (χ1n) is 6.21. The van der Waals surface area contributed by atoms with Gasteiger partial charge in [-0.25, -0.2) is 4.79 Å². The molecular formula is C14H13ClN2O3S. The molecule has 0 radical (unpaired) electrons. The second-order valence-electron chi connectivity index (χ2n) is 4.16. The molecule has 110 valence electrons. The molecular weight excluding hydrogens is 312 g/mol. The standard InChI is InChI=1S/C14H13ClN2O3S/c1-3-20-14(19)12-8(2)6-11(21-12)17-13(18)10-7-9(15)4-5-16-10/h4-7H,3H2,1-2H3,(H,17,18). The SMILES string of the molecule is CCOC(=O)c1sc(NC(=O)c2cc(Cl)ccn2)cc1C. The minimum Gasteiger partial charge on any atom is -0.462 e. The summed E-state index contributed by atoms with van der Waals surface area (Å²) >= 11 is 6.99. The number of ether oxygens (including phenoxy) is 1. The van der Waals surface area contributed by atoms with Gasteiger partial charge in [0, 0.05) is 11.2 Å². The van der Waals surface area contributed by atoms with Gasteiger partial charge in [-0.1, -0.05) is 11.6 Å². The van der Waals surface area contributed by atoms with Crippen molar-refractivity contribution in [3.05, 3.63) is 45.6 Å². The molecule has 7 heteroatoms. The highest BCUT2D eigenvalue weighted by molar-refractivity contribution is 7.18. The highest BCUT2D eigenvalue weighted by Crippen LogP contribution is 2.27. The van der Waals surface area contributed by atoms with Gasteiger partial charge in [-0.2, -0.15) is 0 Å². The van der Waals surface area contributed by atoms with Gasteiger partial charge in [0.15, 0.2) is 0 Å². The van der Waals surface area contributed by atoms with Gasteiger partial charge < -0.3 is 10.1 Å². The molecule has 0 unspecified atom stereocenters. The van der Waals surface area contributed by atoms with Crippen LogP contribution < -0.4 is 5.32 Å². The lowest BCUT2D eigenvalue weighted by Crippen LogP contribution is -2.12. The Balaban J connectivity index is 2.15. The summed E-state index contributed by atoms with van der Waals surface area (Å²) in [6.07, 6.45) is 1.46. The first kappa shape index (κ1) is 15.5. The molecule has 2 aromatic rings. The van der Waals surface area contributed by atoms with Crippen molar-refractivity contribution < 1.29 is 14.3 Å². The lowest BCUT2D eigenvalue weighted by Gasteiger charge is -2.01. The predicted molar refractivity (Wildman–Crippen MR) is 82.2 cm³/mol. The molecule has 0 bridgehead atoms. The smallest absolute Gasteiger partial charge is 0.348 e. The van der Waals surface area contributed by atoms with Crippen molar-refractivity contribution in [2.24, 2.45) is 0 Å². The van der Waals surface area contributed by atoms with E-state index in [4.69, 9.17) is 16.3 Å². The van der Waals surface area contributed by atoms with Crippen LogP contribution in [0.5, 0.6) is 0 Å². The monoisotopic (exact) mass is 324 g/mol. The maximum absolute atomic E-state index is 12.0. The van der Waals surface area contributed by atoms with Crippen LogP contribution in [0.25, 0.3) is 0 Å². The molecule has 0 aromatic carbocycles. The third-order valence-electron chi connectivity index (χ3n) is 2.57. The number of anilines is 1. The molecule has 2 heterocycles. The average Bonchev–Trinajstić information content (AvgIpc) is 2.80. The zero-order chi connectivity index (χ0) is 15.4. The fourth-order valence-corrected chi connectivity index (χ4v) is 2.77. The maximum Gasteiger partial charge on any atom is 0.348 e. The summed E-state index contributed by atoms with van der Waals surface area (Å²) in [4.78, 5) is 28.2. The zero-order valence-electron chi connectivity index (χ0n) is 11.5. The number of carbonyl (C=O) groups excluding carboxylic acids is 2. The van der Waals surface area contributed by atoms with Crippen molar-refractivity contribution >= 4 is 39.8 Å². The molecule has 1 N–H and O–H groups in total. The minimum absolute atomic E-state index is 0.214. The summed E-state index contributed by atoms with van der Waals surface area (Å²) in [6.45, 7) is 3.84. The minimum atomic E-state index is -0.388. The fourth-order valence-electron chi connectivity index (χ4n) is 1.65. The van der Waals surface area contributed by atoms with Crippen LogP contribution >= 0.6 is 22.9 Å². The fraction of sp³-hybridized carbons (Fsp3) is 0.214. The van der Waals surface area contributed by atoms with Crippen molar-refractivity contribution in [2.45, 2.75) is 13.8 Å². The predicted octanol–water partition coefficient (Wildman–Crippen LogP) is 3.53. The van der Waals surface area contributed by atoms with Crippen molar-refractivity contribution in [1.29, 1.82) is 0 Å². The van der Waals surface area contributed by atoms with Gasteiger partial charge in [-0.05, 0) is 37.6 Å². The molecule has 21 heavy (non-hydrogen) atoms. The van der Waals surface area contributed by atoms with Gasteiger partial charge in [0.1, 0.15) is 10.6 Å². The number of nitrogens with one attached hydrogen (secondary N) is 1. The van der Waals surface area contributed by atoms with Crippen molar-refractivity contribution in [2.75, 3.05) is 11.9 Å². The Morgan fingerprint density at radius 1 is 1.43 bits per heavy atom. The summed E-state index contributed by atoms with van der Waals surface area (Å²) in [5.41, 5.74) is 0.971. The molecule has 0 aliphatic carbocycles. The van der Waals surface area contributed by atoms with Crippen LogP contribution in [-0.2, 0) is 4.74 Å². The van der Waals surface area contributed by atoms with Gasteiger partial charge in [-0.3, -0.25) is 9.78 Å². The van der Waals surface area contributed by atoms with Crippen LogP contribution in [0.1, 0.15) is 32.6 Å². The summed E-state index contributed by atoms with van der Waals surface area (Å²) in [5, 5.41) is 3.69. The van der Waals surface area contributed by atoms with Crippen LogP contribution in [0.2, 0.25) is 5.02 Å². The molecule has 2 rings (SSSR count). The second-order valence-corrected chi connectivity index (χ2v) is 5.65. The number of esters is 1. The summed E-state index contributed by atoms with van der Waals surface area (Å²) in [5.74, 6) is -0.768. The number of aromatic nitrogens is 1. The van der Waals surface area contributed by atoms with Gasteiger partial charge in [-0.15, -0.1) is 11.3 Å². The number of halogens is 1. The van der Waals surface area contributed by atoms with Crippen LogP contribution in [0.4, 0.5) is 5.00 Å². The number of hydrogen-bond acceptors (Lipinski definition) is 5. The Hall–Kier alpha value is -1.92. The molecule has 2 aromatic heterocycles. The van der Waals surface area contributed by atoms with E-state index in [0.29, 0.717) is 21.5 Å². The van der Waals surface area contributed by atoms with E-state index in [1.54, 1.807) is 26.0 Å². The van der Waals surface area contributed by atoms with Gasteiger partial charge >= 0.3 is 5.97 Å². The Labute approximate surface area is 130 Å². The summed E-state index contributed by atoms with van der Waals surface area (Å²) in [7, 11) is 0. The van der Waals surface area contributed by atoms with E-state index < -0.39 is 0 Å². The quantitative estimate of drug-likeness (QED) is 0.873. The largest absolute Gasteiger partial charge is 0.462 e. The molecule has 0 spiro atoms. The van der Waals surface area contributed by atoms with Crippen LogP contribution in [0.3, 0.4) is 0 Å². The first-order chi connectivity index (χ1) is 10.0. The van der Waals surface area contributed by atoms with Gasteiger partial charge in [0.25, 0.3) is 5.91 Å². The number of rotatable bonds is 4. The van der Waals surface area contributed by atoms with E-state index >= 15 is 0 Å². The number of hydrogen-bond donors (Lipinski definition) is 1. The lowest BCUT2D eigenvalue weighted by atomic mass is 10.3. The van der Waals surface area contributed by atoms with Crippen molar-refractivity contribution in [3.63, 3.8) is 0 Å². The molecule has 0 fully saturated rings. The molecule has 0 saturated heterocycles. The number of carbonyl (C=O) groups is 2. The van der Waals surface area contributed by atoms with Gasteiger partial charge in [0.05, 0.1) is 11.6 Å². The molecule has 1 amide bonds. The lowest BCUT2D eigenvalue weighted by molar-refractivity contribution is 0.0531. The van der Waals surface area contributed by atoms with E-state index in [1.165, 1.54) is 23.6 Å². The summed E-state index contributed by atoms with van der Waals surface area (Å²) in [6, 6.07) is 4.79. The Bertz CT molecular complexity index is 685. The highest BCUT2D eigenvalue weighted by atomic mass is 35.5. The third kappa shape index (κ3) is 3.80. The number of thiophene rings is 1. The number of amides is 1. The topological polar surface area (TPSA) is 68.3 Å². The third-order valence-corrected chi connectivity index (χ3v) is 3.94. The van der Waals surface area contributed by atoms with Crippen LogP contribution in [0.15, 0.2) is 24.4 Å². The van der Waals surface area contributed by atoms with E-state index in [1.807, 2.05) is 0 Å². The van der Waals surface area contributed by atoms with Crippen LogP contribution in [-0.4, -0.2) is 23.5 Å². The Morgan fingerprint density at radius 3 is 2.86 bits per heavy atom. The molecule has 0 aliphatic heterocycles. The molecule has 0 saturated carbocycles. The number of aryl methyl sites for hydroxylation is 1. The maximum atomic E-state index is 12.0. The van der Waals surface area contributed by atoms with Crippen LogP contribution in [0, 0.1) is 6.92 Å². The van der Waals surface area contributed by atoms with E-state index in [9.17, 15) is 9.59 Å². The number of nitrogens with zero attached hydrogens (tertiary/aromatic N) is 1. The first-order valence-corrected chi connectivity index (χ1v) is 7.41. The number of pyridine rings is 1. The van der Waals surface area contributed by atoms with Crippen molar-refractivity contribution in [1.82, 2.24) is 4.98 Å². The highest BCUT2D eigenvalue weighted by Gasteiger charge is 2.16. The van der Waals surface area contributed by atoms with Crippen molar-refractivity contribution in [3.8, 4) is 0 Å². The Kier molecular flexibility index (Phi) is 4.93.